The minimum absolute atomic E-state index is 0.279. The zero-order valence-corrected chi connectivity index (χ0v) is 12.2. The van der Waals surface area contributed by atoms with Gasteiger partial charge in [0.2, 0.25) is 0 Å². The third-order valence-corrected chi connectivity index (χ3v) is 3.53. The Balaban J connectivity index is 1.76. The van der Waals surface area contributed by atoms with Gasteiger partial charge in [0.1, 0.15) is 0 Å². The maximum Gasteiger partial charge on any atom is 0.340 e. The van der Waals surface area contributed by atoms with Crippen molar-refractivity contribution in [3.8, 4) is 11.1 Å². The van der Waals surface area contributed by atoms with Gasteiger partial charge in [0.25, 0.3) is 0 Å². The highest BCUT2D eigenvalue weighted by Gasteiger charge is 2.36. The molecule has 0 saturated carbocycles. The van der Waals surface area contributed by atoms with E-state index < -0.39 is 5.54 Å². The summed E-state index contributed by atoms with van der Waals surface area (Å²) in [6, 6.07) is 18.5. The molecule has 1 aliphatic rings. The number of benzene rings is 2. The lowest BCUT2D eigenvalue weighted by Crippen LogP contribution is -2.25. The van der Waals surface area contributed by atoms with E-state index in [0.29, 0.717) is 12.3 Å². The Kier molecular flexibility index (Phi) is 3.34. The number of hydrogen-bond donors (Lipinski definition) is 0. The number of carbonyl (C=O) groups is 1. The molecule has 3 nitrogen and oxygen atoms in total. The molecule has 0 amide bonds. The molecule has 0 saturated heterocycles. The molecule has 0 spiro atoms. The molecule has 1 aliphatic heterocycles. The molecule has 0 N–H and O–H groups in total. The molecule has 0 aromatic heterocycles. The molecule has 2 aromatic carbocycles. The molecule has 21 heavy (non-hydrogen) atoms. The lowest BCUT2D eigenvalue weighted by atomic mass is 10.0. The molecule has 2 aromatic rings. The molecule has 0 radical (unpaired) electrons. The Hall–Kier alpha value is -2.42. The Labute approximate surface area is 124 Å². The van der Waals surface area contributed by atoms with E-state index in [1.165, 1.54) is 11.1 Å². The third kappa shape index (κ3) is 2.87. The van der Waals surface area contributed by atoms with Crippen molar-refractivity contribution in [2.24, 2.45) is 4.99 Å². The number of aliphatic imine (C=N–C) groups is 1. The standard InChI is InChI=1S/C18H17NO2/c1-18(2)17(20)21-16(19-18)12-13-8-10-15(11-9-13)14-6-4-3-5-7-14/h3-11H,12H2,1-2H3. The lowest BCUT2D eigenvalue weighted by Gasteiger charge is -2.05. The van der Waals surface area contributed by atoms with Gasteiger partial charge in [-0.05, 0) is 30.5 Å². The maximum absolute atomic E-state index is 11.6. The van der Waals surface area contributed by atoms with Crippen LogP contribution in [0.2, 0.25) is 0 Å². The fourth-order valence-electron chi connectivity index (χ4n) is 2.31. The van der Waals surface area contributed by atoms with Gasteiger partial charge in [-0.25, -0.2) is 9.79 Å². The second kappa shape index (κ2) is 5.17. The molecule has 0 aliphatic carbocycles. The van der Waals surface area contributed by atoms with Gasteiger partial charge in [-0.3, -0.25) is 0 Å². The first-order valence-corrected chi connectivity index (χ1v) is 7.00. The summed E-state index contributed by atoms with van der Waals surface area (Å²) in [7, 11) is 0. The largest absolute Gasteiger partial charge is 0.410 e. The van der Waals surface area contributed by atoms with Crippen molar-refractivity contribution >= 4 is 11.9 Å². The topological polar surface area (TPSA) is 38.7 Å². The Morgan fingerprint density at radius 2 is 1.57 bits per heavy atom. The van der Waals surface area contributed by atoms with Gasteiger partial charge < -0.3 is 4.74 Å². The molecule has 0 unspecified atom stereocenters. The van der Waals surface area contributed by atoms with Crippen LogP contribution in [0.25, 0.3) is 11.1 Å². The summed E-state index contributed by atoms with van der Waals surface area (Å²) in [6.07, 6.45) is 0.546. The average Bonchev–Trinajstić information content (AvgIpc) is 2.73. The number of ether oxygens (including phenoxy) is 1. The van der Waals surface area contributed by atoms with Gasteiger partial charge in [0.15, 0.2) is 11.4 Å². The zero-order chi connectivity index (χ0) is 14.9. The van der Waals surface area contributed by atoms with Crippen LogP contribution in [0, 0.1) is 0 Å². The predicted molar refractivity (Wildman–Crippen MR) is 83.2 cm³/mol. The number of rotatable bonds is 3. The van der Waals surface area contributed by atoms with Crippen LogP contribution in [-0.4, -0.2) is 17.4 Å². The predicted octanol–water partition coefficient (Wildman–Crippen LogP) is 3.63. The molecule has 1 heterocycles. The quantitative estimate of drug-likeness (QED) is 0.805. The molecule has 0 bridgehead atoms. The van der Waals surface area contributed by atoms with Crippen LogP contribution >= 0.6 is 0 Å². The molecule has 0 atom stereocenters. The van der Waals surface area contributed by atoms with Crippen LogP contribution in [-0.2, 0) is 16.0 Å². The summed E-state index contributed by atoms with van der Waals surface area (Å²) in [5.74, 6) is 0.218. The summed E-state index contributed by atoms with van der Waals surface area (Å²) in [4.78, 5) is 15.9. The second-order valence-corrected chi connectivity index (χ2v) is 5.69. The second-order valence-electron chi connectivity index (χ2n) is 5.69. The molecular formula is C18H17NO2. The smallest absolute Gasteiger partial charge is 0.340 e. The van der Waals surface area contributed by atoms with E-state index in [-0.39, 0.29) is 5.97 Å². The SMILES string of the molecule is CC1(C)N=C(Cc2ccc(-c3ccccc3)cc2)OC1=O. The normalized spacial score (nSPS) is 16.5. The van der Waals surface area contributed by atoms with E-state index >= 15 is 0 Å². The van der Waals surface area contributed by atoms with Gasteiger partial charge in [-0.1, -0.05) is 54.6 Å². The van der Waals surface area contributed by atoms with Crippen molar-refractivity contribution in [1.82, 2.24) is 0 Å². The van der Waals surface area contributed by atoms with Gasteiger partial charge in [-0.15, -0.1) is 0 Å². The summed E-state index contributed by atoms with van der Waals surface area (Å²) in [6.45, 7) is 3.53. The summed E-state index contributed by atoms with van der Waals surface area (Å²) < 4.78 is 5.21. The fraction of sp³-hybridized carbons (Fsp3) is 0.222. The molecule has 0 fully saturated rings. The molecule has 3 heteroatoms. The van der Waals surface area contributed by atoms with E-state index in [4.69, 9.17) is 4.74 Å². The molecular weight excluding hydrogens is 262 g/mol. The molecule has 3 rings (SSSR count). The Morgan fingerprint density at radius 3 is 2.14 bits per heavy atom. The van der Waals surface area contributed by atoms with E-state index in [0.717, 1.165) is 5.56 Å². The van der Waals surface area contributed by atoms with Gasteiger partial charge in [-0.2, -0.15) is 0 Å². The number of cyclic esters (lactones) is 1. The van der Waals surface area contributed by atoms with Crippen molar-refractivity contribution in [3.63, 3.8) is 0 Å². The highest BCUT2D eigenvalue weighted by molar-refractivity contribution is 6.00. The van der Waals surface area contributed by atoms with Crippen LogP contribution in [0.3, 0.4) is 0 Å². The Morgan fingerprint density at radius 1 is 0.952 bits per heavy atom. The lowest BCUT2D eigenvalue weighted by molar-refractivity contribution is -0.137. The number of carbonyl (C=O) groups excluding carboxylic acids is 1. The summed E-state index contributed by atoms with van der Waals surface area (Å²) in [5.41, 5.74) is 2.69. The first-order valence-electron chi connectivity index (χ1n) is 7.00. The summed E-state index contributed by atoms with van der Waals surface area (Å²) in [5, 5.41) is 0. The monoisotopic (exact) mass is 279 g/mol. The average molecular weight is 279 g/mol. The number of hydrogen-bond acceptors (Lipinski definition) is 3. The van der Waals surface area contributed by atoms with Crippen LogP contribution < -0.4 is 0 Å². The van der Waals surface area contributed by atoms with Crippen LogP contribution in [0.1, 0.15) is 19.4 Å². The number of nitrogens with zero attached hydrogens (tertiary/aromatic N) is 1. The van der Waals surface area contributed by atoms with Crippen LogP contribution in [0.4, 0.5) is 0 Å². The minimum Gasteiger partial charge on any atom is -0.410 e. The Bertz CT molecular complexity index is 685. The van der Waals surface area contributed by atoms with Crippen LogP contribution in [0.15, 0.2) is 59.6 Å². The van der Waals surface area contributed by atoms with Gasteiger partial charge in [0.05, 0.1) is 0 Å². The number of esters is 1. The molecule has 106 valence electrons. The third-order valence-electron chi connectivity index (χ3n) is 3.53. The maximum atomic E-state index is 11.6. The van der Waals surface area contributed by atoms with Crippen molar-refractivity contribution in [3.05, 3.63) is 60.2 Å². The van der Waals surface area contributed by atoms with Crippen LogP contribution in [0.5, 0.6) is 0 Å². The first kappa shape index (κ1) is 13.6. The van der Waals surface area contributed by atoms with Gasteiger partial charge >= 0.3 is 5.97 Å². The van der Waals surface area contributed by atoms with Gasteiger partial charge in [0, 0.05) is 6.42 Å². The minimum atomic E-state index is -0.751. The van der Waals surface area contributed by atoms with Crippen molar-refractivity contribution < 1.29 is 9.53 Å². The van der Waals surface area contributed by atoms with E-state index in [1.807, 2.05) is 30.3 Å². The zero-order valence-electron chi connectivity index (χ0n) is 12.2. The van der Waals surface area contributed by atoms with Crippen molar-refractivity contribution in [1.29, 1.82) is 0 Å². The fourth-order valence-corrected chi connectivity index (χ4v) is 2.31. The van der Waals surface area contributed by atoms with E-state index in [1.54, 1.807) is 13.8 Å². The van der Waals surface area contributed by atoms with Crippen molar-refractivity contribution in [2.75, 3.05) is 0 Å². The summed E-state index contributed by atoms with van der Waals surface area (Å²) >= 11 is 0. The van der Waals surface area contributed by atoms with Crippen molar-refractivity contribution in [2.45, 2.75) is 25.8 Å². The van der Waals surface area contributed by atoms with E-state index in [2.05, 4.69) is 29.3 Å². The highest BCUT2D eigenvalue weighted by atomic mass is 16.6. The highest BCUT2D eigenvalue weighted by Crippen LogP contribution is 2.22. The van der Waals surface area contributed by atoms with E-state index in [9.17, 15) is 4.79 Å². The first-order chi connectivity index (χ1) is 10.0.